The van der Waals surface area contributed by atoms with E-state index in [9.17, 15) is 14.4 Å². The van der Waals surface area contributed by atoms with Crippen LogP contribution in [0.1, 0.15) is 31.7 Å². The van der Waals surface area contributed by atoms with E-state index < -0.39 is 12.0 Å². The molecule has 132 valence electrons. The topological polar surface area (TPSA) is 98.7 Å². The first-order chi connectivity index (χ1) is 11.4. The Bertz CT molecular complexity index is 548. The summed E-state index contributed by atoms with van der Waals surface area (Å²) in [7, 11) is 1.67. The fourth-order valence-electron chi connectivity index (χ4n) is 2.16. The van der Waals surface area contributed by atoms with Gasteiger partial charge in [-0.05, 0) is 12.0 Å². The third kappa shape index (κ3) is 7.13. The molecule has 3 amide bonds. The van der Waals surface area contributed by atoms with Crippen LogP contribution in [0.5, 0.6) is 0 Å². The monoisotopic (exact) mass is 335 g/mol. The van der Waals surface area contributed by atoms with Crippen LogP contribution < -0.4 is 10.6 Å². The number of hydrogen-bond acceptors (Lipinski definition) is 3. The van der Waals surface area contributed by atoms with E-state index in [4.69, 9.17) is 5.11 Å². The number of carbonyl (C=O) groups excluding carboxylic acids is 2. The number of nitrogens with zero attached hydrogens (tertiary/aromatic N) is 1. The summed E-state index contributed by atoms with van der Waals surface area (Å²) < 4.78 is 0. The molecule has 0 aliphatic rings. The Morgan fingerprint density at radius 2 is 1.88 bits per heavy atom. The van der Waals surface area contributed by atoms with Gasteiger partial charge in [-0.25, -0.2) is 9.59 Å². The van der Waals surface area contributed by atoms with Crippen LogP contribution in [0.4, 0.5) is 4.79 Å². The molecular formula is C17H25N3O4. The lowest BCUT2D eigenvalue weighted by Gasteiger charge is -2.18. The minimum atomic E-state index is -1.04. The van der Waals surface area contributed by atoms with Crippen LogP contribution in [-0.4, -0.2) is 47.5 Å². The van der Waals surface area contributed by atoms with Crippen molar-refractivity contribution in [1.29, 1.82) is 0 Å². The molecule has 0 bridgehead atoms. The highest BCUT2D eigenvalue weighted by atomic mass is 16.4. The van der Waals surface area contributed by atoms with Gasteiger partial charge in [0.2, 0.25) is 5.91 Å². The minimum Gasteiger partial charge on any atom is -0.480 e. The lowest BCUT2D eigenvalue weighted by atomic mass is 10.1. The molecule has 1 rings (SSSR count). The summed E-state index contributed by atoms with van der Waals surface area (Å²) in [5.74, 6) is -1.43. The quantitative estimate of drug-likeness (QED) is 0.638. The second kappa shape index (κ2) is 10.3. The predicted octanol–water partition coefficient (Wildman–Crippen LogP) is 1.59. The van der Waals surface area contributed by atoms with Gasteiger partial charge in [0.05, 0.1) is 0 Å². The molecule has 1 unspecified atom stereocenters. The molecule has 3 N–H and O–H groups in total. The van der Waals surface area contributed by atoms with E-state index in [0.29, 0.717) is 19.4 Å². The van der Waals surface area contributed by atoms with Crippen molar-refractivity contribution in [3.05, 3.63) is 35.9 Å². The van der Waals surface area contributed by atoms with Crippen LogP contribution >= 0.6 is 0 Å². The summed E-state index contributed by atoms with van der Waals surface area (Å²) in [6.07, 6.45) is 1.09. The van der Waals surface area contributed by atoms with Crippen molar-refractivity contribution in [2.75, 3.05) is 13.6 Å². The number of aliphatic carboxylic acids is 1. The van der Waals surface area contributed by atoms with Gasteiger partial charge in [-0.15, -0.1) is 0 Å². The summed E-state index contributed by atoms with van der Waals surface area (Å²) in [5, 5.41) is 14.1. The van der Waals surface area contributed by atoms with E-state index >= 15 is 0 Å². The number of carbonyl (C=O) groups is 3. The van der Waals surface area contributed by atoms with Gasteiger partial charge in [0.15, 0.2) is 0 Å². The Morgan fingerprint density at radius 1 is 1.21 bits per heavy atom. The van der Waals surface area contributed by atoms with Gasteiger partial charge in [0.1, 0.15) is 6.04 Å². The van der Waals surface area contributed by atoms with E-state index in [0.717, 1.165) is 5.56 Å². The molecular weight excluding hydrogens is 310 g/mol. The first-order valence-corrected chi connectivity index (χ1v) is 7.99. The van der Waals surface area contributed by atoms with E-state index in [1.807, 2.05) is 37.3 Å². The number of benzene rings is 1. The minimum absolute atomic E-state index is 0.0401. The maximum absolute atomic E-state index is 12.0. The van der Waals surface area contributed by atoms with E-state index in [1.165, 1.54) is 4.90 Å². The molecule has 1 aromatic rings. The number of amides is 3. The SMILES string of the molecule is CCCC(NC(=O)CCNC(=O)N(C)Cc1ccccc1)C(=O)O. The standard InChI is InChI=1S/C17H25N3O4/c1-3-7-14(16(22)23)19-15(21)10-11-18-17(24)20(2)12-13-8-5-4-6-9-13/h4-6,8-9,14H,3,7,10-12H2,1-2H3,(H,18,24)(H,19,21)(H,22,23). The van der Waals surface area contributed by atoms with Gasteiger partial charge >= 0.3 is 12.0 Å². The highest BCUT2D eigenvalue weighted by Gasteiger charge is 2.18. The van der Waals surface area contributed by atoms with Crippen LogP contribution in [0, 0.1) is 0 Å². The summed E-state index contributed by atoms with van der Waals surface area (Å²) in [6, 6.07) is 8.41. The number of urea groups is 1. The molecule has 0 aliphatic heterocycles. The highest BCUT2D eigenvalue weighted by Crippen LogP contribution is 2.02. The molecule has 7 heteroatoms. The van der Waals surface area contributed by atoms with Gasteiger partial charge in [-0.1, -0.05) is 43.7 Å². The lowest BCUT2D eigenvalue weighted by molar-refractivity contribution is -0.142. The number of nitrogens with one attached hydrogen (secondary N) is 2. The molecule has 0 aliphatic carbocycles. The normalized spacial score (nSPS) is 11.4. The zero-order valence-electron chi connectivity index (χ0n) is 14.1. The average molecular weight is 335 g/mol. The van der Waals surface area contributed by atoms with Crippen molar-refractivity contribution in [2.45, 2.75) is 38.8 Å². The zero-order valence-corrected chi connectivity index (χ0v) is 14.1. The van der Waals surface area contributed by atoms with Crippen LogP contribution in [0.15, 0.2) is 30.3 Å². The molecule has 7 nitrogen and oxygen atoms in total. The van der Waals surface area contributed by atoms with E-state index in [2.05, 4.69) is 10.6 Å². The second-order valence-corrected chi connectivity index (χ2v) is 5.57. The van der Waals surface area contributed by atoms with Gasteiger partial charge in [0.25, 0.3) is 0 Å². The van der Waals surface area contributed by atoms with Gasteiger partial charge in [0, 0.05) is 26.6 Å². The highest BCUT2D eigenvalue weighted by molar-refractivity contribution is 5.84. The smallest absolute Gasteiger partial charge is 0.326 e. The molecule has 1 atom stereocenters. The van der Waals surface area contributed by atoms with Crippen LogP contribution in [0.25, 0.3) is 0 Å². The van der Waals surface area contributed by atoms with Crippen molar-refractivity contribution in [1.82, 2.24) is 15.5 Å². The molecule has 0 heterocycles. The molecule has 24 heavy (non-hydrogen) atoms. The molecule has 0 spiro atoms. The van der Waals surface area contributed by atoms with Gasteiger partial charge in [-0.2, -0.15) is 0 Å². The zero-order chi connectivity index (χ0) is 17.9. The Morgan fingerprint density at radius 3 is 2.46 bits per heavy atom. The van der Waals surface area contributed by atoms with Crippen LogP contribution in [0.3, 0.4) is 0 Å². The Labute approximate surface area is 142 Å². The molecule has 0 saturated carbocycles. The maximum Gasteiger partial charge on any atom is 0.326 e. The Hall–Kier alpha value is -2.57. The molecule has 0 radical (unpaired) electrons. The average Bonchev–Trinajstić information content (AvgIpc) is 2.55. The third-order valence-corrected chi connectivity index (χ3v) is 3.45. The van der Waals surface area contributed by atoms with Crippen LogP contribution in [0.2, 0.25) is 0 Å². The lowest BCUT2D eigenvalue weighted by Crippen LogP contribution is -2.43. The van der Waals surface area contributed by atoms with Gasteiger partial charge < -0.3 is 20.6 Å². The molecule has 0 saturated heterocycles. The third-order valence-electron chi connectivity index (χ3n) is 3.45. The number of carboxylic acids is 1. The van der Waals surface area contributed by atoms with E-state index in [1.54, 1.807) is 7.05 Å². The Kier molecular flexibility index (Phi) is 8.32. The van der Waals surface area contributed by atoms with E-state index in [-0.39, 0.29) is 24.9 Å². The van der Waals surface area contributed by atoms with Crippen molar-refractivity contribution in [3.8, 4) is 0 Å². The molecule has 0 fully saturated rings. The number of rotatable bonds is 9. The largest absolute Gasteiger partial charge is 0.480 e. The fraction of sp³-hybridized carbons (Fsp3) is 0.471. The van der Waals surface area contributed by atoms with Crippen molar-refractivity contribution < 1.29 is 19.5 Å². The van der Waals surface area contributed by atoms with Gasteiger partial charge in [-0.3, -0.25) is 4.79 Å². The maximum atomic E-state index is 12.0. The summed E-state index contributed by atoms with van der Waals surface area (Å²) in [5.41, 5.74) is 1.01. The van der Waals surface area contributed by atoms with Crippen molar-refractivity contribution in [3.63, 3.8) is 0 Å². The first-order valence-electron chi connectivity index (χ1n) is 7.99. The summed E-state index contributed by atoms with van der Waals surface area (Å²) >= 11 is 0. The second-order valence-electron chi connectivity index (χ2n) is 5.57. The number of carboxylic acid groups (broad SMARTS) is 1. The summed E-state index contributed by atoms with van der Waals surface area (Å²) in [6.45, 7) is 2.48. The Balaban J connectivity index is 2.31. The van der Waals surface area contributed by atoms with Crippen LogP contribution in [-0.2, 0) is 16.1 Å². The summed E-state index contributed by atoms with van der Waals surface area (Å²) in [4.78, 5) is 36.2. The number of hydrogen-bond donors (Lipinski definition) is 3. The van der Waals surface area contributed by atoms with Crippen molar-refractivity contribution in [2.24, 2.45) is 0 Å². The molecule has 1 aromatic carbocycles. The van der Waals surface area contributed by atoms with Crippen molar-refractivity contribution >= 4 is 17.9 Å². The molecule has 0 aromatic heterocycles. The predicted molar refractivity (Wildman–Crippen MR) is 90.4 cm³/mol. The fourth-order valence-corrected chi connectivity index (χ4v) is 2.16. The first kappa shape index (κ1) is 19.5.